The molecule has 2 aromatic heterocycles. The van der Waals surface area contributed by atoms with Crippen molar-refractivity contribution in [2.24, 2.45) is 5.92 Å². The first-order valence-electron chi connectivity index (χ1n) is 12.6. The zero-order chi connectivity index (χ0) is 24.5. The topological polar surface area (TPSA) is 70.6 Å². The molecule has 2 fully saturated rings. The largest absolute Gasteiger partial charge is 0.373 e. The minimum atomic E-state index is 0.00498. The lowest BCUT2D eigenvalue weighted by Crippen LogP contribution is -2.45. The molecule has 7 nitrogen and oxygen atoms in total. The van der Waals surface area contributed by atoms with Crippen molar-refractivity contribution in [2.75, 3.05) is 36.4 Å². The number of fused-ring (bicyclic) bond motifs is 1. The first kappa shape index (κ1) is 24.2. The summed E-state index contributed by atoms with van der Waals surface area (Å²) in [5.41, 5.74) is 3.35. The third-order valence-corrected chi connectivity index (χ3v) is 8.39. The maximum Gasteiger partial charge on any atom is 0.227 e. The van der Waals surface area contributed by atoms with Gasteiger partial charge in [0.05, 0.1) is 17.6 Å². The molecule has 0 spiro atoms. The van der Waals surface area contributed by atoms with E-state index in [9.17, 15) is 4.79 Å². The summed E-state index contributed by atoms with van der Waals surface area (Å²) < 4.78 is 5.88. The van der Waals surface area contributed by atoms with Crippen LogP contribution in [0.5, 0.6) is 0 Å². The molecule has 3 aromatic rings. The van der Waals surface area contributed by atoms with Gasteiger partial charge in [-0.2, -0.15) is 0 Å². The predicted octanol–water partition coefficient (Wildman–Crippen LogP) is 4.77. The summed E-state index contributed by atoms with van der Waals surface area (Å²) in [7, 11) is 0. The molecule has 1 N–H and O–H groups in total. The Bertz CT molecular complexity index is 1190. The van der Waals surface area contributed by atoms with Crippen LogP contribution in [0.1, 0.15) is 42.7 Å². The summed E-state index contributed by atoms with van der Waals surface area (Å²) in [6.45, 7) is 12.8. The molecule has 5 rings (SSSR count). The Balaban J connectivity index is 1.23. The lowest BCUT2D eigenvalue weighted by atomic mass is 9.95. The summed E-state index contributed by atoms with van der Waals surface area (Å²) >= 11 is 1.73. The van der Waals surface area contributed by atoms with E-state index in [1.165, 1.54) is 15.8 Å². The number of thiophene rings is 1. The van der Waals surface area contributed by atoms with Crippen molar-refractivity contribution in [1.82, 2.24) is 14.9 Å². The van der Waals surface area contributed by atoms with Crippen molar-refractivity contribution >= 4 is 39.0 Å². The molecule has 2 aliphatic heterocycles. The van der Waals surface area contributed by atoms with Crippen LogP contribution < -0.4 is 10.2 Å². The standard InChI is InChI=1S/C27H35N5O2S/c1-17-13-31(14-18(2)34-17)15-22-7-5-6-8-23(22)30-26(33)21-9-11-32(12-10-21)25-24-19(3)20(4)35-27(24)29-16-28-25/h5-8,16-18,21H,9-15H2,1-4H3,(H,30,33). The average molecular weight is 494 g/mol. The number of nitrogens with one attached hydrogen (secondary N) is 1. The number of anilines is 2. The van der Waals surface area contributed by atoms with E-state index < -0.39 is 0 Å². The molecule has 0 bridgehead atoms. The number of benzene rings is 1. The lowest BCUT2D eigenvalue weighted by Gasteiger charge is -2.35. The quantitative estimate of drug-likeness (QED) is 0.552. The second kappa shape index (κ2) is 10.2. The van der Waals surface area contributed by atoms with Gasteiger partial charge in [-0.3, -0.25) is 9.69 Å². The normalized spacial score (nSPS) is 22.0. The molecule has 0 saturated carbocycles. The van der Waals surface area contributed by atoms with Crippen LogP contribution in [-0.2, 0) is 16.1 Å². The number of nitrogens with zero attached hydrogens (tertiary/aromatic N) is 4. The molecule has 4 heterocycles. The van der Waals surface area contributed by atoms with Gasteiger partial charge in [-0.1, -0.05) is 18.2 Å². The van der Waals surface area contributed by atoms with Crippen LogP contribution >= 0.6 is 11.3 Å². The van der Waals surface area contributed by atoms with Crippen molar-refractivity contribution in [3.05, 3.63) is 46.6 Å². The van der Waals surface area contributed by atoms with Crippen molar-refractivity contribution < 1.29 is 9.53 Å². The Labute approximate surface area is 211 Å². The zero-order valence-corrected chi connectivity index (χ0v) is 21.9. The van der Waals surface area contributed by atoms with Gasteiger partial charge in [0, 0.05) is 49.2 Å². The number of amides is 1. The van der Waals surface area contributed by atoms with Gasteiger partial charge < -0.3 is 15.0 Å². The molecule has 2 saturated heterocycles. The van der Waals surface area contributed by atoms with Crippen molar-refractivity contribution in [3.63, 3.8) is 0 Å². The number of hydrogen-bond donors (Lipinski definition) is 1. The number of piperidine rings is 1. The number of carbonyl (C=O) groups excluding carboxylic acids is 1. The van der Waals surface area contributed by atoms with E-state index in [1.807, 2.05) is 18.2 Å². The number of para-hydroxylation sites is 1. The minimum Gasteiger partial charge on any atom is -0.373 e. The highest BCUT2D eigenvalue weighted by Crippen LogP contribution is 2.35. The van der Waals surface area contributed by atoms with Gasteiger partial charge in [-0.15, -0.1) is 11.3 Å². The first-order chi connectivity index (χ1) is 16.9. The van der Waals surface area contributed by atoms with Crippen LogP contribution in [0.4, 0.5) is 11.5 Å². The van der Waals surface area contributed by atoms with Gasteiger partial charge in [0.25, 0.3) is 0 Å². The summed E-state index contributed by atoms with van der Waals surface area (Å²) in [6, 6.07) is 8.19. The third-order valence-electron chi connectivity index (χ3n) is 7.28. The Morgan fingerprint density at radius 3 is 2.57 bits per heavy atom. The molecule has 0 radical (unpaired) electrons. The molecule has 2 atom stereocenters. The average Bonchev–Trinajstić information content (AvgIpc) is 3.13. The minimum absolute atomic E-state index is 0.00498. The maximum absolute atomic E-state index is 13.2. The SMILES string of the molecule is Cc1sc2ncnc(N3CCC(C(=O)Nc4ccccc4CN4CC(C)OC(C)C4)CC3)c2c1C. The number of hydrogen-bond acceptors (Lipinski definition) is 7. The van der Waals surface area contributed by atoms with E-state index in [-0.39, 0.29) is 24.0 Å². The molecule has 2 aliphatic rings. The van der Waals surface area contributed by atoms with Crippen molar-refractivity contribution in [2.45, 2.75) is 59.3 Å². The Morgan fingerprint density at radius 1 is 1.11 bits per heavy atom. The monoisotopic (exact) mass is 493 g/mol. The number of ether oxygens (including phenoxy) is 1. The van der Waals surface area contributed by atoms with Crippen LogP contribution in [0.2, 0.25) is 0 Å². The molecular weight excluding hydrogens is 458 g/mol. The van der Waals surface area contributed by atoms with E-state index in [4.69, 9.17) is 4.74 Å². The van der Waals surface area contributed by atoms with Crippen LogP contribution in [-0.4, -0.2) is 59.2 Å². The maximum atomic E-state index is 13.2. The molecule has 2 unspecified atom stereocenters. The number of rotatable bonds is 5. The predicted molar refractivity (Wildman–Crippen MR) is 142 cm³/mol. The summed E-state index contributed by atoms with van der Waals surface area (Å²) in [5, 5.41) is 4.41. The van der Waals surface area contributed by atoms with Crippen LogP contribution in [0.15, 0.2) is 30.6 Å². The molecule has 8 heteroatoms. The number of carbonyl (C=O) groups is 1. The fraction of sp³-hybridized carbons (Fsp3) is 0.519. The summed E-state index contributed by atoms with van der Waals surface area (Å²) in [4.78, 5) is 29.4. The molecule has 1 aromatic carbocycles. The molecule has 35 heavy (non-hydrogen) atoms. The smallest absolute Gasteiger partial charge is 0.227 e. The van der Waals surface area contributed by atoms with Crippen LogP contribution in [0.25, 0.3) is 10.2 Å². The van der Waals surface area contributed by atoms with E-state index in [0.29, 0.717) is 0 Å². The molecular formula is C27H35N5O2S. The highest BCUT2D eigenvalue weighted by atomic mass is 32.1. The highest BCUT2D eigenvalue weighted by molar-refractivity contribution is 7.18. The first-order valence-corrected chi connectivity index (χ1v) is 13.4. The number of aromatic nitrogens is 2. The van der Waals surface area contributed by atoms with E-state index in [1.54, 1.807) is 17.7 Å². The molecule has 0 aliphatic carbocycles. The highest BCUT2D eigenvalue weighted by Gasteiger charge is 2.28. The van der Waals surface area contributed by atoms with Crippen LogP contribution in [0, 0.1) is 19.8 Å². The fourth-order valence-electron chi connectivity index (χ4n) is 5.43. The summed E-state index contributed by atoms with van der Waals surface area (Å²) in [5.74, 6) is 1.14. The fourth-order valence-corrected chi connectivity index (χ4v) is 6.42. The van der Waals surface area contributed by atoms with Gasteiger partial charge in [0.2, 0.25) is 5.91 Å². The molecule has 1 amide bonds. The Hall–Kier alpha value is -2.55. The summed E-state index contributed by atoms with van der Waals surface area (Å²) in [6.07, 6.45) is 3.76. The van der Waals surface area contributed by atoms with Gasteiger partial charge in [-0.05, 0) is 57.7 Å². The van der Waals surface area contributed by atoms with E-state index >= 15 is 0 Å². The van der Waals surface area contributed by atoms with Gasteiger partial charge in [0.1, 0.15) is 17.0 Å². The van der Waals surface area contributed by atoms with Crippen LogP contribution in [0.3, 0.4) is 0 Å². The van der Waals surface area contributed by atoms with Crippen molar-refractivity contribution in [3.8, 4) is 0 Å². The van der Waals surface area contributed by atoms with Gasteiger partial charge in [-0.25, -0.2) is 9.97 Å². The number of aryl methyl sites for hydroxylation is 2. The third kappa shape index (κ3) is 5.20. The number of morpholine rings is 1. The molecule has 186 valence electrons. The van der Waals surface area contributed by atoms with Gasteiger partial charge >= 0.3 is 0 Å². The second-order valence-corrected chi connectivity index (χ2v) is 11.2. The Kier molecular flexibility index (Phi) is 7.05. The van der Waals surface area contributed by atoms with Crippen molar-refractivity contribution in [1.29, 1.82) is 0 Å². The van der Waals surface area contributed by atoms with E-state index in [0.717, 1.165) is 67.5 Å². The van der Waals surface area contributed by atoms with Gasteiger partial charge in [0.15, 0.2) is 0 Å². The Morgan fingerprint density at radius 2 is 1.83 bits per heavy atom. The van der Waals surface area contributed by atoms with E-state index in [2.05, 4.69) is 58.8 Å². The zero-order valence-electron chi connectivity index (χ0n) is 21.1. The second-order valence-electron chi connectivity index (χ2n) is 10.0. The lowest BCUT2D eigenvalue weighted by molar-refractivity contribution is -0.120.